The highest BCUT2D eigenvalue weighted by Gasteiger charge is 2.06. The average Bonchev–Trinajstić information content (AvgIpc) is 2.65. The second-order valence-corrected chi connectivity index (χ2v) is 8.30. The van der Waals surface area contributed by atoms with Gasteiger partial charge in [-0.05, 0) is 25.7 Å². The highest BCUT2D eigenvalue weighted by Crippen LogP contribution is 2.22. The zero-order valence-corrected chi connectivity index (χ0v) is 18.3. The molecule has 0 aromatic heterocycles. The van der Waals surface area contributed by atoms with Gasteiger partial charge in [0.05, 0.1) is 0 Å². The molecule has 0 spiro atoms. The van der Waals surface area contributed by atoms with Crippen LogP contribution in [0.2, 0.25) is 0 Å². The number of rotatable bonds is 21. The third-order valence-corrected chi connectivity index (χ3v) is 5.71. The van der Waals surface area contributed by atoms with Gasteiger partial charge in [-0.2, -0.15) is 0 Å². The Morgan fingerprint density at radius 3 is 1.54 bits per heavy atom. The van der Waals surface area contributed by atoms with E-state index in [2.05, 4.69) is 26.8 Å². The van der Waals surface area contributed by atoms with Gasteiger partial charge in [-0.3, -0.25) is 0 Å². The Kier molecular flexibility index (Phi) is 22.6. The predicted molar refractivity (Wildman–Crippen MR) is 121 cm³/mol. The molecule has 0 amide bonds. The molecule has 1 unspecified atom stereocenters. The van der Waals surface area contributed by atoms with Crippen molar-refractivity contribution >= 4 is 0 Å². The normalized spacial score (nSPS) is 12.9. The molecule has 0 aromatic carbocycles. The average molecular weight is 363 g/mol. The maximum absolute atomic E-state index is 3.91. The molecule has 0 aromatic rings. The number of unbranched alkanes of at least 4 members (excludes halogenated alkanes) is 14. The molecular weight excluding hydrogens is 312 g/mol. The molecular formula is C26H50. The van der Waals surface area contributed by atoms with Crippen LogP contribution in [0.4, 0.5) is 0 Å². The summed E-state index contributed by atoms with van der Waals surface area (Å²) in [5, 5.41) is 0. The predicted octanol–water partition coefficient (Wildman–Crippen LogP) is 9.65. The van der Waals surface area contributed by atoms with Crippen molar-refractivity contribution in [1.29, 1.82) is 0 Å². The smallest absolute Gasteiger partial charge is 0.0316 e. The highest BCUT2D eigenvalue weighted by molar-refractivity contribution is 4.83. The van der Waals surface area contributed by atoms with Gasteiger partial charge >= 0.3 is 0 Å². The van der Waals surface area contributed by atoms with Gasteiger partial charge in [0.1, 0.15) is 0 Å². The minimum atomic E-state index is 0.979. The van der Waals surface area contributed by atoms with Crippen LogP contribution in [0, 0.1) is 19.8 Å². The maximum Gasteiger partial charge on any atom is -0.0316 e. The third-order valence-electron chi connectivity index (χ3n) is 5.71. The first kappa shape index (κ1) is 25.7. The van der Waals surface area contributed by atoms with Gasteiger partial charge in [0.25, 0.3) is 0 Å². The summed E-state index contributed by atoms with van der Waals surface area (Å²) in [4.78, 5) is 0. The molecule has 0 bridgehead atoms. The quantitative estimate of drug-likeness (QED) is 0.178. The van der Waals surface area contributed by atoms with Crippen molar-refractivity contribution < 1.29 is 0 Å². The van der Waals surface area contributed by atoms with Crippen LogP contribution >= 0.6 is 0 Å². The first-order chi connectivity index (χ1) is 12.8. The van der Waals surface area contributed by atoms with E-state index in [1.165, 1.54) is 122 Å². The molecule has 0 heterocycles. The Balaban J connectivity index is 3.31. The fourth-order valence-corrected chi connectivity index (χ4v) is 4.04. The van der Waals surface area contributed by atoms with Gasteiger partial charge in [-0.1, -0.05) is 142 Å². The monoisotopic (exact) mass is 362 g/mol. The van der Waals surface area contributed by atoms with Crippen LogP contribution in [-0.2, 0) is 0 Å². The molecule has 0 rings (SSSR count). The van der Waals surface area contributed by atoms with Crippen LogP contribution in [0.15, 0.2) is 12.2 Å². The molecule has 0 saturated carbocycles. The molecule has 154 valence electrons. The Morgan fingerprint density at radius 1 is 0.615 bits per heavy atom. The van der Waals surface area contributed by atoms with Crippen molar-refractivity contribution in [3.63, 3.8) is 0 Å². The van der Waals surface area contributed by atoms with Crippen LogP contribution in [-0.4, -0.2) is 0 Å². The van der Waals surface area contributed by atoms with Crippen molar-refractivity contribution in [2.24, 2.45) is 5.92 Å². The van der Waals surface area contributed by atoms with E-state index in [0.29, 0.717) is 0 Å². The van der Waals surface area contributed by atoms with E-state index < -0.39 is 0 Å². The largest absolute Gasteiger partial charge is 0.0885 e. The summed E-state index contributed by atoms with van der Waals surface area (Å²) < 4.78 is 0. The molecule has 0 aliphatic carbocycles. The summed E-state index contributed by atoms with van der Waals surface area (Å²) in [5.74, 6) is 0.979. The molecule has 0 aliphatic heterocycles. The highest BCUT2D eigenvalue weighted by atomic mass is 14.1. The van der Waals surface area contributed by atoms with E-state index in [-0.39, 0.29) is 0 Å². The standard InChI is InChI=1S/C26H50/c1-4-7-9-11-12-13-14-15-16-17-18-19-20-22-25-26(23-6-3)24-21-10-8-5-2/h5,8,26H,1-2,4,6-7,9-25H2,3H3. The minimum Gasteiger partial charge on any atom is -0.0885 e. The lowest BCUT2D eigenvalue weighted by Crippen LogP contribution is -2.00. The van der Waals surface area contributed by atoms with Crippen molar-refractivity contribution in [2.75, 3.05) is 0 Å². The minimum absolute atomic E-state index is 0.979. The van der Waals surface area contributed by atoms with Crippen LogP contribution in [0.5, 0.6) is 0 Å². The van der Waals surface area contributed by atoms with Crippen molar-refractivity contribution in [2.45, 2.75) is 135 Å². The Hall–Kier alpha value is -0.260. The summed E-state index contributed by atoms with van der Waals surface area (Å²) >= 11 is 0. The molecule has 1 atom stereocenters. The van der Waals surface area contributed by atoms with Crippen LogP contribution < -0.4 is 0 Å². The van der Waals surface area contributed by atoms with E-state index in [9.17, 15) is 0 Å². The molecule has 0 saturated heterocycles. The second-order valence-electron chi connectivity index (χ2n) is 8.30. The molecule has 0 fully saturated rings. The molecule has 0 N–H and O–H groups in total. The van der Waals surface area contributed by atoms with E-state index in [4.69, 9.17) is 0 Å². The number of allylic oxidation sites excluding steroid dienone is 2. The second kappa shape index (κ2) is 22.8. The van der Waals surface area contributed by atoms with Gasteiger partial charge in [-0.25, -0.2) is 0 Å². The van der Waals surface area contributed by atoms with E-state index in [0.717, 1.165) is 12.3 Å². The first-order valence-electron chi connectivity index (χ1n) is 12.1. The van der Waals surface area contributed by atoms with E-state index >= 15 is 0 Å². The summed E-state index contributed by atoms with van der Waals surface area (Å²) in [6, 6.07) is 0. The van der Waals surface area contributed by atoms with E-state index in [1.54, 1.807) is 0 Å². The van der Waals surface area contributed by atoms with Gasteiger partial charge in [0.2, 0.25) is 0 Å². The fourth-order valence-electron chi connectivity index (χ4n) is 4.04. The van der Waals surface area contributed by atoms with Gasteiger partial charge in [0.15, 0.2) is 0 Å². The third kappa shape index (κ3) is 20.1. The fraction of sp³-hybridized carbons (Fsp3) is 0.846. The lowest BCUT2D eigenvalue weighted by molar-refractivity contribution is 0.385. The van der Waals surface area contributed by atoms with Crippen LogP contribution in [0.1, 0.15) is 135 Å². The van der Waals surface area contributed by atoms with Crippen molar-refractivity contribution in [3.8, 4) is 0 Å². The maximum atomic E-state index is 3.91. The van der Waals surface area contributed by atoms with Gasteiger partial charge in [0, 0.05) is 0 Å². The topological polar surface area (TPSA) is 0 Å². The van der Waals surface area contributed by atoms with E-state index in [1.807, 2.05) is 6.08 Å². The Morgan fingerprint density at radius 2 is 1.08 bits per heavy atom. The molecule has 0 heteroatoms. The molecule has 0 nitrogen and oxygen atoms in total. The summed E-state index contributed by atoms with van der Waals surface area (Å²) in [7, 11) is 0. The van der Waals surface area contributed by atoms with Crippen LogP contribution in [0.25, 0.3) is 0 Å². The van der Waals surface area contributed by atoms with Crippen molar-refractivity contribution in [3.05, 3.63) is 26.0 Å². The zero-order valence-electron chi connectivity index (χ0n) is 18.3. The number of hydrogen-bond donors (Lipinski definition) is 0. The first-order valence-corrected chi connectivity index (χ1v) is 12.1. The lowest BCUT2D eigenvalue weighted by atomic mass is 9.91. The lowest BCUT2D eigenvalue weighted by Gasteiger charge is -2.15. The summed E-state index contributed by atoms with van der Waals surface area (Å²) in [6.07, 6.45) is 32.3. The van der Waals surface area contributed by atoms with Gasteiger partial charge in [-0.15, -0.1) is 0 Å². The molecule has 26 heavy (non-hydrogen) atoms. The SMILES string of the molecule is [CH2]C=CCCCC(CCC)CCCCCCCCCCCCCCC[CH2]. The summed E-state index contributed by atoms with van der Waals surface area (Å²) in [5.41, 5.74) is 0. The van der Waals surface area contributed by atoms with Gasteiger partial charge < -0.3 is 0 Å². The summed E-state index contributed by atoms with van der Waals surface area (Å²) in [6.45, 7) is 10.0. The van der Waals surface area contributed by atoms with Crippen molar-refractivity contribution in [1.82, 2.24) is 0 Å². The Labute approximate surface area is 167 Å². The zero-order chi connectivity index (χ0) is 19.1. The number of hydrogen-bond acceptors (Lipinski definition) is 0. The van der Waals surface area contributed by atoms with Crippen LogP contribution in [0.3, 0.4) is 0 Å². The Bertz CT molecular complexity index is 265. The molecule has 2 radical (unpaired) electrons. The molecule has 0 aliphatic rings.